The van der Waals surface area contributed by atoms with E-state index in [0.29, 0.717) is 17.5 Å². The molecule has 0 aliphatic heterocycles. The lowest BCUT2D eigenvalue weighted by atomic mass is 9.98. The second-order valence-electron chi connectivity index (χ2n) is 5.08. The van der Waals surface area contributed by atoms with Gasteiger partial charge in [-0.05, 0) is 55.9 Å². The quantitative estimate of drug-likeness (QED) is 0.836. The van der Waals surface area contributed by atoms with Crippen molar-refractivity contribution in [1.29, 1.82) is 0 Å². The van der Waals surface area contributed by atoms with Gasteiger partial charge in [0.25, 0.3) is 0 Å². The Hall–Kier alpha value is -0.770. The van der Waals surface area contributed by atoms with Gasteiger partial charge in [-0.25, -0.2) is 0 Å². The molecule has 1 aromatic rings. The van der Waals surface area contributed by atoms with Crippen LogP contribution in [0.1, 0.15) is 25.3 Å². The van der Waals surface area contributed by atoms with Gasteiger partial charge in [0.15, 0.2) is 0 Å². The number of rotatable bonds is 7. The molecule has 0 spiro atoms. The van der Waals surface area contributed by atoms with Gasteiger partial charge in [0, 0.05) is 17.7 Å². The van der Waals surface area contributed by atoms with E-state index in [1.54, 1.807) is 7.11 Å². The summed E-state index contributed by atoms with van der Waals surface area (Å²) in [5, 5.41) is 0.711. The number of hydrogen-bond acceptors (Lipinski definition) is 3. The zero-order chi connectivity index (χ0) is 13.8. The van der Waals surface area contributed by atoms with Crippen LogP contribution in [0.3, 0.4) is 0 Å². The standard InChI is InChI=1S/C15H22ClNO2/c1-3-19-15(10-4-5-10)13(17)9-11-8-12(16)6-7-14(11)18-2/h6-8,10,13,15H,3-5,9,17H2,1-2H3. The minimum Gasteiger partial charge on any atom is -0.496 e. The number of methoxy groups -OCH3 is 1. The van der Waals surface area contributed by atoms with Gasteiger partial charge < -0.3 is 15.2 Å². The Kier molecular flexibility index (Phi) is 5.08. The topological polar surface area (TPSA) is 44.5 Å². The van der Waals surface area contributed by atoms with E-state index >= 15 is 0 Å². The lowest BCUT2D eigenvalue weighted by Crippen LogP contribution is -2.40. The fraction of sp³-hybridized carbons (Fsp3) is 0.600. The van der Waals surface area contributed by atoms with Crippen molar-refractivity contribution in [2.24, 2.45) is 11.7 Å². The van der Waals surface area contributed by atoms with Crippen LogP contribution in [0.15, 0.2) is 18.2 Å². The Balaban J connectivity index is 2.08. The molecule has 0 radical (unpaired) electrons. The summed E-state index contributed by atoms with van der Waals surface area (Å²) in [6.07, 6.45) is 3.33. The van der Waals surface area contributed by atoms with Crippen molar-refractivity contribution < 1.29 is 9.47 Å². The van der Waals surface area contributed by atoms with Crippen LogP contribution in [-0.2, 0) is 11.2 Å². The summed E-state index contributed by atoms with van der Waals surface area (Å²) in [5.74, 6) is 1.46. The van der Waals surface area contributed by atoms with Crippen LogP contribution in [0.4, 0.5) is 0 Å². The van der Waals surface area contributed by atoms with Gasteiger partial charge in [0.2, 0.25) is 0 Å². The highest BCUT2D eigenvalue weighted by Gasteiger charge is 2.35. The molecule has 2 N–H and O–H groups in total. The number of halogens is 1. The molecular formula is C15H22ClNO2. The van der Waals surface area contributed by atoms with E-state index in [1.807, 2.05) is 25.1 Å². The Morgan fingerprint density at radius 2 is 2.16 bits per heavy atom. The first-order valence-electron chi connectivity index (χ1n) is 6.85. The number of ether oxygens (including phenoxy) is 2. The molecule has 1 saturated carbocycles. The summed E-state index contributed by atoms with van der Waals surface area (Å²) in [6, 6.07) is 5.63. The maximum absolute atomic E-state index is 6.33. The van der Waals surface area contributed by atoms with E-state index in [1.165, 1.54) is 12.8 Å². The SMILES string of the molecule is CCOC(C(N)Cc1cc(Cl)ccc1OC)C1CC1. The third kappa shape index (κ3) is 3.85. The lowest BCUT2D eigenvalue weighted by Gasteiger charge is -2.24. The van der Waals surface area contributed by atoms with Gasteiger partial charge in [0.05, 0.1) is 13.2 Å². The minimum atomic E-state index is -0.0141. The molecule has 3 nitrogen and oxygen atoms in total. The van der Waals surface area contributed by atoms with Crippen LogP contribution in [0.5, 0.6) is 5.75 Å². The van der Waals surface area contributed by atoms with E-state index in [4.69, 9.17) is 26.8 Å². The maximum Gasteiger partial charge on any atom is 0.122 e. The van der Waals surface area contributed by atoms with Crippen LogP contribution in [0, 0.1) is 5.92 Å². The second kappa shape index (κ2) is 6.60. The molecule has 106 valence electrons. The van der Waals surface area contributed by atoms with Gasteiger partial charge in [-0.2, -0.15) is 0 Å². The monoisotopic (exact) mass is 283 g/mol. The van der Waals surface area contributed by atoms with Gasteiger partial charge >= 0.3 is 0 Å². The highest BCUT2D eigenvalue weighted by molar-refractivity contribution is 6.30. The molecule has 0 heterocycles. The molecular weight excluding hydrogens is 262 g/mol. The molecule has 2 unspecified atom stereocenters. The van der Waals surface area contributed by atoms with E-state index in [9.17, 15) is 0 Å². The summed E-state index contributed by atoms with van der Waals surface area (Å²) < 4.78 is 11.2. The summed E-state index contributed by atoms with van der Waals surface area (Å²) in [5.41, 5.74) is 7.38. The summed E-state index contributed by atoms with van der Waals surface area (Å²) >= 11 is 6.05. The fourth-order valence-corrected chi connectivity index (χ4v) is 2.70. The Bertz CT molecular complexity index is 421. The van der Waals surface area contributed by atoms with Crippen molar-refractivity contribution >= 4 is 11.6 Å². The summed E-state index contributed by atoms with van der Waals surface area (Å²) in [6.45, 7) is 2.73. The molecule has 2 atom stereocenters. The number of benzene rings is 1. The molecule has 1 fully saturated rings. The minimum absolute atomic E-state index is 0.0141. The van der Waals surface area contributed by atoms with Crippen LogP contribution in [0.25, 0.3) is 0 Å². The Morgan fingerprint density at radius 3 is 2.74 bits per heavy atom. The first kappa shape index (κ1) is 14.6. The maximum atomic E-state index is 6.33. The van der Waals surface area contributed by atoms with E-state index < -0.39 is 0 Å². The lowest BCUT2D eigenvalue weighted by molar-refractivity contribution is 0.0287. The molecule has 0 amide bonds. The molecule has 1 aliphatic rings. The van der Waals surface area contributed by atoms with Crippen molar-refractivity contribution in [2.45, 2.75) is 38.3 Å². The van der Waals surface area contributed by atoms with Gasteiger partial charge in [0.1, 0.15) is 5.75 Å². The van der Waals surface area contributed by atoms with Crippen LogP contribution >= 0.6 is 11.6 Å². The summed E-state index contributed by atoms with van der Waals surface area (Å²) in [7, 11) is 1.67. The first-order chi connectivity index (χ1) is 9.15. The van der Waals surface area contributed by atoms with Crippen molar-refractivity contribution in [3.05, 3.63) is 28.8 Å². The molecule has 0 saturated heterocycles. The van der Waals surface area contributed by atoms with Gasteiger partial charge in [-0.3, -0.25) is 0 Å². The Morgan fingerprint density at radius 1 is 1.42 bits per heavy atom. The molecule has 19 heavy (non-hydrogen) atoms. The van der Waals surface area contributed by atoms with Crippen molar-refractivity contribution in [3.8, 4) is 5.75 Å². The molecule has 1 aromatic carbocycles. The van der Waals surface area contributed by atoms with Crippen molar-refractivity contribution in [3.63, 3.8) is 0 Å². The molecule has 2 rings (SSSR count). The molecule has 0 aromatic heterocycles. The first-order valence-corrected chi connectivity index (χ1v) is 7.23. The third-order valence-corrected chi connectivity index (χ3v) is 3.80. The van der Waals surface area contributed by atoms with Crippen LogP contribution < -0.4 is 10.5 Å². The number of nitrogens with two attached hydrogens (primary N) is 1. The largest absolute Gasteiger partial charge is 0.496 e. The predicted octanol–water partition coefficient (Wildman–Crippen LogP) is 3.03. The van der Waals surface area contributed by atoms with Crippen LogP contribution in [0.2, 0.25) is 5.02 Å². The predicted molar refractivity (Wildman–Crippen MR) is 77.8 cm³/mol. The summed E-state index contributed by atoms with van der Waals surface area (Å²) in [4.78, 5) is 0. The number of hydrogen-bond donors (Lipinski definition) is 1. The van der Waals surface area contributed by atoms with E-state index in [0.717, 1.165) is 17.7 Å². The zero-order valence-electron chi connectivity index (χ0n) is 11.6. The van der Waals surface area contributed by atoms with Gasteiger partial charge in [-0.1, -0.05) is 11.6 Å². The van der Waals surface area contributed by atoms with Crippen molar-refractivity contribution in [1.82, 2.24) is 0 Å². The van der Waals surface area contributed by atoms with E-state index in [2.05, 4.69) is 0 Å². The molecule has 1 aliphatic carbocycles. The smallest absolute Gasteiger partial charge is 0.122 e. The zero-order valence-corrected chi connectivity index (χ0v) is 12.3. The normalized spacial score (nSPS) is 18.1. The fourth-order valence-electron chi connectivity index (χ4n) is 2.50. The highest BCUT2D eigenvalue weighted by Crippen LogP contribution is 2.36. The van der Waals surface area contributed by atoms with Gasteiger partial charge in [-0.15, -0.1) is 0 Å². The third-order valence-electron chi connectivity index (χ3n) is 3.57. The Labute approximate surface area is 120 Å². The average molecular weight is 284 g/mol. The second-order valence-corrected chi connectivity index (χ2v) is 5.52. The average Bonchev–Trinajstić information content (AvgIpc) is 3.20. The van der Waals surface area contributed by atoms with E-state index in [-0.39, 0.29) is 12.1 Å². The van der Waals surface area contributed by atoms with Crippen molar-refractivity contribution in [2.75, 3.05) is 13.7 Å². The highest BCUT2D eigenvalue weighted by atomic mass is 35.5. The van der Waals surface area contributed by atoms with Crippen LogP contribution in [-0.4, -0.2) is 25.9 Å². The molecule has 4 heteroatoms. The molecule has 0 bridgehead atoms.